The molecule has 0 radical (unpaired) electrons. The van der Waals surface area contributed by atoms with Gasteiger partial charge in [0.05, 0.1) is 5.25 Å². The molecule has 0 saturated carbocycles. The summed E-state index contributed by atoms with van der Waals surface area (Å²) in [7, 11) is -3.88. The highest BCUT2D eigenvalue weighted by Gasteiger charge is 2.25. The first-order chi connectivity index (χ1) is 6.89. The second-order valence-electron chi connectivity index (χ2n) is 3.17. The topological polar surface area (TPSA) is 60.2 Å². The van der Waals surface area contributed by atoms with Crippen molar-refractivity contribution in [3.05, 3.63) is 29.8 Å². The summed E-state index contributed by atoms with van der Waals surface area (Å²) in [5.74, 6) is -1.75. The monoisotopic (exact) mass is 235 g/mol. The third kappa shape index (κ3) is 2.32. The Morgan fingerprint density at radius 3 is 2.53 bits per heavy atom. The quantitative estimate of drug-likeness (QED) is 0.853. The van der Waals surface area contributed by atoms with Crippen LogP contribution in [0.4, 0.5) is 8.78 Å². The maximum Gasteiger partial charge on any atom is 0.185 e. The number of sulfone groups is 1. The highest BCUT2D eigenvalue weighted by Crippen LogP contribution is 2.20. The fraction of sp³-hybridized carbons (Fsp3) is 0.333. The van der Waals surface area contributed by atoms with Crippen molar-refractivity contribution in [2.75, 3.05) is 6.54 Å². The fourth-order valence-corrected chi connectivity index (χ4v) is 2.34. The summed E-state index contributed by atoms with van der Waals surface area (Å²) < 4.78 is 49.3. The molecule has 0 heterocycles. The van der Waals surface area contributed by atoms with Crippen molar-refractivity contribution in [1.29, 1.82) is 0 Å². The van der Waals surface area contributed by atoms with E-state index in [-0.39, 0.29) is 6.54 Å². The molecule has 0 aliphatic rings. The summed E-state index contributed by atoms with van der Waals surface area (Å²) >= 11 is 0. The number of nitrogens with two attached hydrogens (primary N) is 1. The van der Waals surface area contributed by atoms with Gasteiger partial charge in [-0.3, -0.25) is 0 Å². The van der Waals surface area contributed by atoms with Crippen molar-refractivity contribution in [3.8, 4) is 0 Å². The lowest BCUT2D eigenvalue weighted by Gasteiger charge is -2.11. The normalized spacial score (nSPS) is 13.9. The van der Waals surface area contributed by atoms with Crippen molar-refractivity contribution in [3.63, 3.8) is 0 Å². The van der Waals surface area contributed by atoms with Gasteiger partial charge in [-0.25, -0.2) is 17.2 Å². The molecular formula is C9H11F2NO2S. The van der Waals surface area contributed by atoms with Gasteiger partial charge >= 0.3 is 0 Å². The van der Waals surface area contributed by atoms with Crippen molar-refractivity contribution < 1.29 is 17.2 Å². The number of hydrogen-bond donors (Lipinski definition) is 1. The van der Waals surface area contributed by atoms with Gasteiger partial charge in [-0.1, -0.05) is 0 Å². The molecule has 1 rings (SSSR count). The molecule has 15 heavy (non-hydrogen) atoms. The number of benzene rings is 1. The minimum atomic E-state index is -3.88. The molecule has 0 aliphatic carbocycles. The van der Waals surface area contributed by atoms with Crippen LogP contribution in [0.1, 0.15) is 6.92 Å². The molecule has 0 fully saturated rings. The molecule has 0 aromatic heterocycles. The second-order valence-corrected chi connectivity index (χ2v) is 5.50. The van der Waals surface area contributed by atoms with Crippen LogP contribution >= 0.6 is 0 Å². The van der Waals surface area contributed by atoms with E-state index in [4.69, 9.17) is 5.73 Å². The second kappa shape index (κ2) is 4.24. The highest BCUT2D eigenvalue weighted by molar-refractivity contribution is 7.92. The van der Waals surface area contributed by atoms with Crippen LogP contribution in [0, 0.1) is 11.6 Å². The van der Waals surface area contributed by atoms with Gasteiger partial charge in [-0.2, -0.15) is 0 Å². The van der Waals surface area contributed by atoms with Crippen molar-refractivity contribution in [1.82, 2.24) is 0 Å². The summed E-state index contributed by atoms with van der Waals surface area (Å²) in [5, 5.41) is -0.936. The highest BCUT2D eigenvalue weighted by atomic mass is 32.2. The summed E-state index contributed by atoms with van der Waals surface area (Å²) in [5.41, 5.74) is 5.19. The minimum absolute atomic E-state index is 0.141. The molecule has 2 N–H and O–H groups in total. The van der Waals surface area contributed by atoms with Gasteiger partial charge in [0.1, 0.15) is 16.5 Å². The van der Waals surface area contributed by atoms with Crippen molar-refractivity contribution in [2.45, 2.75) is 17.1 Å². The standard InChI is InChI=1S/C9H11F2NO2S/c1-6(5-12)15(13,14)9-4-7(10)2-3-8(9)11/h2-4,6H,5,12H2,1H3. The minimum Gasteiger partial charge on any atom is -0.329 e. The van der Waals surface area contributed by atoms with Crippen LogP contribution in [0.15, 0.2) is 23.1 Å². The molecule has 0 saturated heterocycles. The third-order valence-electron chi connectivity index (χ3n) is 2.06. The van der Waals surface area contributed by atoms with E-state index in [1.807, 2.05) is 0 Å². The lowest BCUT2D eigenvalue weighted by atomic mass is 10.3. The Balaban J connectivity index is 3.33. The maximum absolute atomic E-state index is 13.2. The summed E-state index contributed by atoms with van der Waals surface area (Å²) in [6.45, 7) is 1.21. The lowest BCUT2D eigenvalue weighted by Crippen LogP contribution is -2.27. The number of hydrogen-bond acceptors (Lipinski definition) is 3. The van der Waals surface area contributed by atoms with Gasteiger partial charge in [0, 0.05) is 6.54 Å². The van der Waals surface area contributed by atoms with Gasteiger partial charge in [0.15, 0.2) is 9.84 Å². The summed E-state index contributed by atoms with van der Waals surface area (Å²) in [4.78, 5) is -0.638. The Bertz CT molecular complexity index is 459. The molecule has 0 amide bonds. The van der Waals surface area contributed by atoms with Crippen LogP contribution < -0.4 is 5.73 Å². The average molecular weight is 235 g/mol. The molecule has 1 aromatic carbocycles. The Labute approximate surface area is 86.8 Å². The summed E-state index contributed by atoms with van der Waals surface area (Å²) in [6.07, 6.45) is 0. The Morgan fingerprint density at radius 1 is 1.40 bits per heavy atom. The fourth-order valence-electron chi connectivity index (χ4n) is 1.04. The SMILES string of the molecule is CC(CN)S(=O)(=O)c1cc(F)ccc1F. The van der Waals surface area contributed by atoms with Gasteiger partial charge < -0.3 is 5.73 Å². The number of rotatable bonds is 3. The summed E-state index contributed by atoms with van der Waals surface area (Å²) in [6, 6.07) is 2.31. The van der Waals surface area contributed by atoms with E-state index < -0.39 is 31.6 Å². The average Bonchev–Trinajstić information content (AvgIpc) is 2.20. The lowest BCUT2D eigenvalue weighted by molar-refractivity contribution is 0.547. The molecule has 6 heteroatoms. The molecule has 1 unspecified atom stereocenters. The van der Waals surface area contributed by atoms with E-state index in [9.17, 15) is 17.2 Å². The molecule has 84 valence electrons. The van der Waals surface area contributed by atoms with Crippen LogP contribution in [0.25, 0.3) is 0 Å². The van der Waals surface area contributed by atoms with E-state index in [0.29, 0.717) is 6.07 Å². The Hall–Kier alpha value is -1.01. The largest absolute Gasteiger partial charge is 0.329 e. The predicted octanol–water partition coefficient (Wildman–Crippen LogP) is 1.09. The molecular weight excluding hydrogens is 224 g/mol. The Morgan fingerprint density at radius 2 is 2.00 bits per heavy atom. The van der Waals surface area contributed by atoms with Gasteiger partial charge in [-0.15, -0.1) is 0 Å². The van der Waals surface area contributed by atoms with Crippen LogP contribution in [0.2, 0.25) is 0 Å². The van der Waals surface area contributed by atoms with Crippen molar-refractivity contribution in [2.24, 2.45) is 5.73 Å². The van der Waals surface area contributed by atoms with E-state index in [1.54, 1.807) is 0 Å². The zero-order valence-corrected chi connectivity index (χ0v) is 8.89. The first-order valence-corrected chi connectivity index (χ1v) is 5.83. The predicted molar refractivity (Wildman–Crippen MR) is 52.1 cm³/mol. The maximum atomic E-state index is 13.2. The van der Waals surface area contributed by atoms with Gasteiger partial charge in [0.2, 0.25) is 0 Å². The first kappa shape index (κ1) is 12.1. The van der Waals surface area contributed by atoms with E-state index in [2.05, 4.69) is 0 Å². The van der Waals surface area contributed by atoms with Crippen LogP contribution in [0.3, 0.4) is 0 Å². The number of halogens is 2. The van der Waals surface area contributed by atoms with E-state index >= 15 is 0 Å². The molecule has 0 aliphatic heterocycles. The van der Waals surface area contributed by atoms with Crippen LogP contribution in [-0.2, 0) is 9.84 Å². The first-order valence-electron chi connectivity index (χ1n) is 4.28. The van der Waals surface area contributed by atoms with Gasteiger partial charge in [0.25, 0.3) is 0 Å². The molecule has 0 bridgehead atoms. The molecule has 1 aromatic rings. The molecule has 1 atom stereocenters. The van der Waals surface area contributed by atoms with Crippen LogP contribution in [-0.4, -0.2) is 20.2 Å². The van der Waals surface area contributed by atoms with Crippen LogP contribution in [0.5, 0.6) is 0 Å². The zero-order chi connectivity index (χ0) is 11.6. The van der Waals surface area contributed by atoms with E-state index in [0.717, 1.165) is 12.1 Å². The Kier molecular flexibility index (Phi) is 3.41. The third-order valence-corrected chi connectivity index (χ3v) is 4.24. The zero-order valence-electron chi connectivity index (χ0n) is 8.07. The van der Waals surface area contributed by atoms with Gasteiger partial charge in [-0.05, 0) is 25.1 Å². The van der Waals surface area contributed by atoms with E-state index in [1.165, 1.54) is 6.92 Å². The van der Waals surface area contributed by atoms with Crippen molar-refractivity contribution >= 4 is 9.84 Å². The molecule has 0 spiro atoms. The smallest absolute Gasteiger partial charge is 0.185 e. The molecule has 3 nitrogen and oxygen atoms in total.